The molecule has 3 N–H and O–H groups in total. The van der Waals surface area contributed by atoms with Crippen molar-refractivity contribution in [3.8, 4) is 0 Å². The zero-order valence-corrected chi connectivity index (χ0v) is 26.6. The van der Waals surface area contributed by atoms with Crippen LogP contribution in [0.2, 0.25) is 0 Å². The standard InChI is InChI=1S/C30H50N2O11/c1-8-9-10-11-12-13-14-15-16-22(32-29(38)30(6,7)31)24(37)26-28(42-21(5)36)27(41-20(4)35)25(40-19(3)34)23(43-26)17-39-18(2)33/h22-23,25-28H,8-17,31H2,1-7H3,(H,32,38)/t22?,23-,25-,26+,27+,28+/m1/s1. The summed E-state index contributed by atoms with van der Waals surface area (Å²) < 4.78 is 27.3. The van der Waals surface area contributed by atoms with Crippen LogP contribution in [0.25, 0.3) is 0 Å². The van der Waals surface area contributed by atoms with Gasteiger partial charge in [0.05, 0.1) is 11.6 Å². The van der Waals surface area contributed by atoms with Crippen molar-refractivity contribution >= 4 is 35.6 Å². The average molecular weight is 615 g/mol. The largest absolute Gasteiger partial charge is 0.463 e. The molecule has 1 fully saturated rings. The van der Waals surface area contributed by atoms with E-state index in [0.29, 0.717) is 6.42 Å². The van der Waals surface area contributed by atoms with Gasteiger partial charge in [-0.05, 0) is 20.3 Å². The summed E-state index contributed by atoms with van der Waals surface area (Å²) in [5.41, 5.74) is 4.68. The van der Waals surface area contributed by atoms with E-state index in [2.05, 4.69) is 12.2 Å². The number of hydrogen-bond donors (Lipinski definition) is 2. The molecule has 0 spiro atoms. The summed E-state index contributed by atoms with van der Waals surface area (Å²) in [5.74, 6) is -4.35. The highest BCUT2D eigenvalue weighted by atomic mass is 16.7. The Morgan fingerprint density at radius 1 is 0.744 bits per heavy atom. The van der Waals surface area contributed by atoms with E-state index in [0.717, 1.165) is 59.8 Å². The Kier molecular flexibility index (Phi) is 16.4. The molecule has 0 aliphatic carbocycles. The second-order valence-corrected chi connectivity index (χ2v) is 11.5. The third-order valence-electron chi connectivity index (χ3n) is 6.85. The maximum absolute atomic E-state index is 14.1. The van der Waals surface area contributed by atoms with Gasteiger partial charge in [-0.1, -0.05) is 58.3 Å². The Labute approximate surface area is 254 Å². The van der Waals surface area contributed by atoms with Crippen molar-refractivity contribution in [3.05, 3.63) is 0 Å². The maximum Gasteiger partial charge on any atom is 0.303 e. The van der Waals surface area contributed by atoms with Gasteiger partial charge in [0.2, 0.25) is 5.91 Å². The van der Waals surface area contributed by atoms with Gasteiger partial charge in [-0.2, -0.15) is 0 Å². The summed E-state index contributed by atoms with van der Waals surface area (Å²) >= 11 is 0. The summed E-state index contributed by atoms with van der Waals surface area (Å²) in [5, 5.41) is 2.70. The van der Waals surface area contributed by atoms with Crippen molar-refractivity contribution in [1.29, 1.82) is 0 Å². The minimum atomic E-state index is -1.58. The van der Waals surface area contributed by atoms with E-state index in [4.69, 9.17) is 29.4 Å². The molecule has 1 unspecified atom stereocenters. The molecular weight excluding hydrogens is 564 g/mol. The van der Waals surface area contributed by atoms with E-state index < -0.39 is 84.3 Å². The van der Waals surface area contributed by atoms with E-state index in [1.165, 1.54) is 26.7 Å². The Hall–Kier alpha value is -3.06. The third kappa shape index (κ3) is 13.8. The van der Waals surface area contributed by atoms with Crippen molar-refractivity contribution in [1.82, 2.24) is 5.32 Å². The molecule has 1 aliphatic heterocycles. The number of nitrogens with one attached hydrogen (secondary N) is 1. The van der Waals surface area contributed by atoms with E-state index >= 15 is 0 Å². The number of ketones is 1. The first-order valence-corrected chi connectivity index (χ1v) is 15.0. The monoisotopic (exact) mass is 614 g/mol. The molecular formula is C30H50N2O11. The van der Waals surface area contributed by atoms with Crippen LogP contribution in [0.1, 0.15) is 106 Å². The predicted octanol–water partition coefficient (Wildman–Crippen LogP) is 2.43. The number of carbonyl (C=O) groups is 6. The van der Waals surface area contributed by atoms with Gasteiger partial charge in [0, 0.05) is 27.7 Å². The maximum atomic E-state index is 14.1. The van der Waals surface area contributed by atoms with Gasteiger partial charge in [-0.15, -0.1) is 0 Å². The summed E-state index contributed by atoms with van der Waals surface area (Å²) in [6.45, 7) is 9.12. The van der Waals surface area contributed by atoms with Gasteiger partial charge in [0.15, 0.2) is 30.2 Å². The average Bonchev–Trinajstić information content (AvgIpc) is 2.88. The molecule has 6 atom stereocenters. The number of amides is 1. The fourth-order valence-electron chi connectivity index (χ4n) is 4.77. The van der Waals surface area contributed by atoms with Crippen molar-refractivity contribution in [3.63, 3.8) is 0 Å². The number of hydrogen-bond acceptors (Lipinski definition) is 12. The zero-order valence-electron chi connectivity index (χ0n) is 26.6. The Morgan fingerprint density at radius 3 is 1.72 bits per heavy atom. The molecule has 1 heterocycles. The van der Waals surface area contributed by atoms with Crippen LogP contribution in [0.15, 0.2) is 0 Å². The highest BCUT2D eigenvalue weighted by Gasteiger charge is 2.55. The first-order chi connectivity index (χ1) is 20.1. The molecule has 1 rings (SSSR count). The first-order valence-electron chi connectivity index (χ1n) is 15.0. The second kappa shape index (κ2) is 18.6. The third-order valence-corrected chi connectivity index (χ3v) is 6.85. The molecule has 43 heavy (non-hydrogen) atoms. The Balaban J connectivity index is 3.40. The second-order valence-electron chi connectivity index (χ2n) is 11.5. The highest BCUT2D eigenvalue weighted by molar-refractivity contribution is 5.95. The topological polar surface area (TPSA) is 187 Å². The van der Waals surface area contributed by atoms with Gasteiger partial charge in [-0.3, -0.25) is 28.8 Å². The minimum Gasteiger partial charge on any atom is -0.463 e. The summed E-state index contributed by atoms with van der Waals surface area (Å²) in [4.78, 5) is 74.8. The first kappa shape index (κ1) is 38.0. The number of carbonyl (C=O) groups excluding carboxylic acids is 6. The molecule has 0 radical (unpaired) electrons. The minimum absolute atomic E-state index is 0.239. The fourth-order valence-corrected chi connectivity index (χ4v) is 4.77. The van der Waals surface area contributed by atoms with Crippen LogP contribution < -0.4 is 11.1 Å². The lowest BCUT2D eigenvalue weighted by molar-refractivity contribution is -0.249. The summed E-state index contributed by atoms with van der Waals surface area (Å²) in [7, 11) is 0. The molecule has 0 aromatic rings. The smallest absolute Gasteiger partial charge is 0.303 e. The highest BCUT2D eigenvalue weighted by Crippen LogP contribution is 2.31. The molecule has 0 saturated carbocycles. The molecule has 0 bridgehead atoms. The summed E-state index contributed by atoms with van der Waals surface area (Å²) in [6, 6.07) is -1.10. The van der Waals surface area contributed by atoms with E-state index in [1.807, 2.05) is 0 Å². The van der Waals surface area contributed by atoms with Crippen LogP contribution in [0, 0.1) is 0 Å². The molecule has 1 amide bonds. The Morgan fingerprint density at radius 2 is 1.23 bits per heavy atom. The van der Waals surface area contributed by atoms with Gasteiger partial charge in [0.25, 0.3) is 0 Å². The van der Waals surface area contributed by atoms with Crippen molar-refractivity contribution in [2.75, 3.05) is 6.61 Å². The Bertz CT molecular complexity index is 962. The van der Waals surface area contributed by atoms with E-state index in [-0.39, 0.29) is 6.42 Å². The van der Waals surface area contributed by atoms with Crippen molar-refractivity contribution in [2.24, 2.45) is 5.73 Å². The van der Waals surface area contributed by atoms with Gasteiger partial charge >= 0.3 is 23.9 Å². The van der Waals surface area contributed by atoms with Crippen molar-refractivity contribution in [2.45, 2.75) is 148 Å². The normalized spacial score (nSPS) is 22.6. The van der Waals surface area contributed by atoms with Gasteiger partial charge in [0.1, 0.15) is 12.7 Å². The number of nitrogens with two attached hydrogens (primary N) is 1. The molecule has 13 heteroatoms. The molecule has 13 nitrogen and oxygen atoms in total. The van der Waals surface area contributed by atoms with Crippen LogP contribution in [0.5, 0.6) is 0 Å². The van der Waals surface area contributed by atoms with Gasteiger partial charge < -0.3 is 34.7 Å². The van der Waals surface area contributed by atoms with Crippen LogP contribution >= 0.6 is 0 Å². The number of ether oxygens (including phenoxy) is 5. The van der Waals surface area contributed by atoms with Crippen molar-refractivity contribution < 1.29 is 52.5 Å². The van der Waals surface area contributed by atoms with Crippen LogP contribution in [-0.4, -0.2) is 84.3 Å². The molecule has 0 aromatic heterocycles. The lowest BCUT2D eigenvalue weighted by Crippen LogP contribution is -2.66. The lowest BCUT2D eigenvalue weighted by atomic mass is 9.88. The summed E-state index contributed by atoms with van der Waals surface area (Å²) in [6.07, 6.45) is 1.02. The molecule has 1 saturated heterocycles. The fraction of sp³-hybridized carbons (Fsp3) is 0.800. The number of Topliss-reactive ketones (excluding diaryl/α,β-unsaturated/α-hetero) is 1. The molecule has 0 aromatic carbocycles. The lowest BCUT2D eigenvalue weighted by Gasteiger charge is -2.44. The molecule has 1 aliphatic rings. The SMILES string of the molecule is CCCCCCCCCCC(NC(=O)C(C)(C)N)C(=O)[C@@H]1O[C@H](COC(C)=O)[C@@H](OC(C)=O)[C@H](OC(C)=O)[C@H]1OC(C)=O. The van der Waals surface area contributed by atoms with Crippen LogP contribution in [-0.2, 0) is 52.5 Å². The zero-order chi connectivity index (χ0) is 32.7. The van der Waals surface area contributed by atoms with E-state index in [9.17, 15) is 28.8 Å². The number of esters is 4. The van der Waals surface area contributed by atoms with Crippen LogP contribution in [0.3, 0.4) is 0 Å². The van der Waals surface area contributed by atoms with E-state index in [1.54, 1.807) is 0 Å². The van der Waals surface area contributed by atoms with Crippen LogP contribution in [0.4, 0.5) is 0 Å². The number of rotatable bonds is 18. The predicted molar refractivity (Wildman–Crippen MR) is 154 cm³/mol. The molecule has 246 valence electrons. The van der Waals surface area contributed by atoms with Gasteiger partial charge in [-0.25, -0.2) is 0 Å². The quantitative estimate of drug-likeness (QED) is 0.131. The number of unbranched alkanes of at least 4 members (excludes halogenated alkanes) is 7.